The Morgan fingerprint density at radius 3 is 2.45 bits per heavy atom. The minimum Gasteiger partial charge on any atom is -0.484 e. The zero-order valence-electron chi connectivity index (χ0n) is 18.5. The summed E-state index contributed by atoms with van der Waals surface area (Å²) in [7, 11) is 0. The Morgan fingerprint density at radius 1 is 1.13 bits per heavy atom. The standard InChI is InChI=1S/C24H31ClN2O4/c1-4-30-24(29)23-16(2)21(17(3)26-23)14-27(19-8-6-5-7-9-19)22(28)15-31-20-12-10-18(25)11-13-20/h10-13,19,26H,4-9,14-15H2,1-3H3. The number of halogens is 1. The first-order chi connectivity index (χ1) is 14.9. The van der Waals surface area contributed by atoms with Gasteiger partial charge < -0.3 is 19.4 Å². The van der Waals surface area contributed by atoms with Crippen LogP contribution in [-0.2, 0) is 16.1 Å². The van der Waals surface area contributed by atoms with Gasteiger partial charge in [-0.3, -0.25) is 4.79 Å². The minimum atomic E-state index is -0.365. The number of benzene rings is 1. The highest BCUT2D eigenvalue weighted by Crippen LogP contribution is 2.27. The molecule has 0 saturated heterocycles. The smallest absolute Gasteiger partial charge is 0.355 e. The molecule has 1 aliphatic carbocycles. The Hall–Kier alpha value is -2.47. The Bertz CT molecular complexity index is 901. The van der Waals surface area contributed by atoms with Gasteiger partial charge in [0.05, 0.1) is 6.61 Å². The van der Waals surface area contributed by atoms with Gasteiger partial charge in [0.1, 0.15) is 11.4 Å². The number of hydrogen-bond acceptors (Lipinski definition) is 4. The molecule has 0 radical (unpaired) electrons. The number of carbonyl (C=O) groups excluding carboxylic acids is 2. The molecule has 1 saturated carbocycles. The van der Waals surface area contributed by atoms with Crippen molar-refractivity contribution in [1.82, 2.24) is 9.88 Å². The molecule has 168 valence electrons. The lowest BCUT2D eigenvalue weighted by Gasteiger charge is -2.34. The number of amides is 1. The van der Waals surface area contributed by atoms with Crippen LogP contribution in [0.5, 0.6) is 5.75 Å². The van der Waals surface area contributed by atoms with Crippen LogP contribution in [0.25, 0.3) is 0 Å². The van der Waals surface area contributed by atoms with E-state index in [-0.39, 0.29) is 24.5 Å². The number of rotatable bonds is 8. The molecule has 2 aromatic rings. The van der Waals surface area contributed by atoms with Crippen molar-refractivity contribution in [1.29, 1.82) is 0 Å². The quantitative estimate of drug-likeness (QED) is 0.565. The van der Waals surface area contributed by atoms with E-state index in [1.165, 1.54) is 6.42 Å². The van der Waals surface area contributed by atoms with Crippen LogP contribution >= 0.6 is 11.6 Å². The monoisotopic (exact) mass is 446 g/mol. The van der Waals surface area contributed by atoms with Gasteiger partial charge in [0.15, 0.2) is 6.61 Å². The van der Waals surface area contributed by atoms with Gasteiger partial charge in [0.2, 0.25) is 0 Å². The zero-order valence-corrected chi connectivity index (χ0v) is 19.3. The molecule has 3 rings (SSSR count). The third-order valence-electron chi connectivity index (χ3n) is 5.91. The summed E-state index contributed by atoms with van der Waals surface area (Å²) in [5.41, 5.74) is 3.15. The predicted octanol–water partition coefficient (Wildman–Crippen LogP) is 5.20. The fourth-order valence-corrected chi connectivity index (χ4v) is 4.30. The molecule has 1 N–H and O–H groups in total. The lowest BCUT2D eigenvalue weighted by atomic mass is 9.93. The van der Waals surface area contributed by atoms with Gasteiger partial charge in [-0.1, -0.05) is 30.9 Å². The van der Waals surface area contributed by atoms with E-state index >= 15 is 0 Å². The lowest BCUT2D eigenvalue weighted by molar-refractivity contribution is -0.137. The van der Waals surface area contributed by atoms with Gasteiger partial charge in [-0.05, 0) is 69.0 Å². The van der Waals surface area contributed by atoms with Crippen LogP contribution < -0.4 is 4.74 Å². The molecular weight excluding hydrogens is 416 g/mol. The Labute approximate surface area is 188 Å². The molecule has 1 aliphatic rings. The number of ether oxygens (including phenoxy) is 2. The zero-order chi connectivity index (χ0) is 22.4. The van der Waals surface area contributed by atoms with Gasteiger partial charge in [-0.2, -0.15) is 0 Å². The van der Waals surface area contributed by atoms with Crippen molar-refractivity contribution in [3.05, 3.63) is 51.8 Å². The molecule has 0 unspecified atom stereocenters. The molecule has 1 heterocycles. The van der Waals surface area contributed by atoms with Crippen molar-refractivity contribution >= 4 is 23.5 Å². The maximum absolute atomic E-state index is 13.2. The minimum absolute atomic E-state index is 0.0363. The highest BCUT2D eigenvalue weighted by molar-refractivity contribution is 6.30. The van der Waals surface area contributed by atoms with E-state index in [0.29, 0.717) is 29.6 Å². The Morgan fingerprint density at radius 2 is 1.81 bits per heavy atom. The molecule has 1 fully saturated rings. The van der Waals surface area contributed by atoms with Gasteiger partial charge >= 0.3 is 5.97 Å². The second-order valence-corrected chi connectivity index (χ2v) is 8.44. The Balaban J connectivity index is 1.78. The first-order valence-electron chi connectivity index (χ1n) is 10.9. The van der Waals surface area contributed by atoms with Crippen molar-refractivity contribution < 1.29 is 19.1 Å². The average molecular weight is 447 g/mol. The number of nitrogens with one attached hydrogen (secondary N) is 1. The van der Waals surface area contributed by atoms with Crippen LogP contribution in [0.15, 0.2) is 24.3 Å². The molecule has 1 aromatic heterocycles. The summed E-state index contributed by atoms with van der Waals surface area (Å²) >= 11 is 5.92. The van der Waals surface area contributed by atoms with Crippen molar-refractivity contribution in [2.45, 2.75) is 65.5 Å². The lowest BCUT2D eigenvalue weighted by Crippen LogP contribution is -2.43. The van der Waals surface area contributed by atoms with Crippen LogP contribution in [-0.4, -0.2) is 41.0 Å². The summed E-state index contributed by atoms with van der Waals surface area (Å²) in [6, 6.07) is 7.17. The molecule has 6 nitrogen and oxygen atoms in total. The second-order valence-electron chi connectivity index (χ2n) is 8.01. The number of nitrogens with zero attached hydrogens (tertiary/aromatic N) is 1. The van der Waals surface area contributed by atoms with E-state index in [2.05, 4.69) is 4.98 Å². The van der Waals surface area contributed by atoms with E-state index in [9.17, 15) is 9.59 Å². The third-order valence-corrected chi connectivity index (χ3v) is 6.16. The number of aromatic nitrogens is 1. The maximum Gasteiger partial charge on any atom is 0.355 e. The summed E-state index contributed by atoms with van der Waals surface area (Å²) < 4.78 is 10.9. The number of H-pyrrole nitrogens is 1. The largest absolute Gasteiger partial charge is 0.484 e. The predicted molar refractivity (Wildman–Crippen MR) is 121 cm³/mol. The van der Waals surface area contributed by atoms with Crippen molar-refractivity contribution in [3.63, 3.8) is 0 Å². The Kier molecular flexibility index (Phi) is 8.02. The summed E-state index contributed by atoms with van der Waals surface area (Å²) in [4.78, 5) is 30.6. The average Bonchev–Trinajstić information content (AvgIpc) is 3.05. The van der Waals surface area contributed by atoms with Crippen LogP contribution in [0, 0.1) is 13.8 Å². The van der Waals surface area contributed by atoms with E-state index in [4.69, 9.17) is 21.1 Å². The summed E-state index contributed by atoms with van der Waals surface area (Å²) in [5.74, 6) is 0.190. The van der Waals surface area contributed by atoms with E-state index in [1.807, 2.05) is 18.7 Å². The highest BCUT2D eigenvalue weighted by Gasteiger charge is 2.28. The fraction of sp³-hybridized carbons (Fsp3) is 0.500. The van der Waals surface area contributed by atoms with E-state index in [0.717, 1.165) is 42.5 Å². The summed E-state index contributed by atoms with van der Waals surface area (Å²) in [6.45, 7) is 6.35. The van der Waals surface area contributed by atoms with Crippen LogP contribution in [0.4, 0.5) is 0 Å². The molecule has 0 atom stereocenters. The first-order valence-corrected chi connectivity index (χ1v) is 11.3. The third kappa shape index (κ3) is 5.82. The van der Waals surface area contributed by atoms with Crippen LogP contribution in [0.1, 0.15) is 66.3 Å². The molecule has 7 heteroatoms. The second kappa shape index (κ2) is 10.7. The van der Waals surface area contributed by atoms with Crippen molar-refractivity contribution in [2.75, 3.05) is 13.2 Å². The first kappa shape index (κ1) is 23.2. The molecule has 1 aromatic carbocycles. The van der Waals surface area contributed by atoms with Gasteiger partial charge in [-0.15, -0.1) is 0 Å². The number of aromatic amines is 1. The number of aryl methyl sites for hydroxylation is 1. The van der Waals surface area contributed by atoms with E-state index < -0.39 is 0 Å². The van der Waals surface area contributed by atoms with Gasteiger partial charge in [-0.25, -0.2) is 4.79 Å². The number of hydrogen-bond donors (Lipinski definition) is 1. The van der Waals surface area contributed by atoms with Crippen molar-refractivity contribution in [2.24, 2.45) is 0 Å². The summed E-state index contributed by atoms with van der Waals surface area (Å²) in [6.07, 6.45) is 5.41. The van der Waals surface area contributed by atoms with Gasteiger partial charge in [0, 0.05) is 23.3 Å². The van der Waals surface area contributed by atoms with Crippen molar-refractivity contribution in [3.8, 4) is 5.75 Å². The number of carbonyl (C=O) groups is 2. The molecule has 0 spiro atoms. The molecule has 1 amide bonds. The molecular formula is C24H31ClN2O4. The van der Waals surface area contributed by atoms with Gasteiger partial charge in [0.25, 0.3) is 5.91 Å². The highest BCUT2D eigenvalue weighted by atomic mass is 35.5. The molecule has 0 bridgehead atoms. The maximum atomic E-state index is 13.2. The van der Waals surface area contributed by atoms with E-state index in [1.54, 1.807) is 31.2 Å². The van der Waals surface area contributed by atoms with Crippen LogP contribution in [0.3, 0.4) is 0 Å². The fourth-order valence-electron chi connectivity index (χ4n) is 4.18. The molecule has 31 heavy (non-hydrogen) atoms. The topological polar surface area (TPSA) is 71.6 Å². The summed E-state index contributed by atoms with van der Waals surface area (Å²) in [5, 5.41) is 0.623. The molecule has 0 aliphatic heterocycles. The van der Waals surface area contributed by atoms with Crippen LogP contribution in [0.2, 0.25) is 5.02 Å². The SMILES string of the molecule is CCOC(=O)c1[nH]c(C)c(CN(C(=O)COc2ccc(Cl)cc2)C2CCCCC2)c1C. The normalized spacial score (nSPS) is 14.3. The number of esters is 1.